The van der Waals surface area contributed by atoms with Gasteiger partial charge in [0.25, 0.3) is 0 Å². The van der Waals surface area contributed by atoms with Gasteiger partial charge in [0.15, 0.2) is 5.96 Å². The molecule has 5 nitrogen and oxygen atoms in total. The van der Waals surface area contributed by atoms with Crippen molar-refractivity contribution < 1.29 is 4.79 Å². The lowest BCUT2D eigenvalue weighted by Gasteiger charge is -2.16. The number of hydrogen-bond donors (Lipinski definition) is 3. The number of halogens is 1. The molecule has 1 unspecified atom stereocenters. The van der Waals surface area contributed by atoms with Crippen LogP contribution in [0.15, 0.2) is 40.2 Å². The lowest BCUT2D eigenvalue weighted by molar-refractivity contribution is -0.121. The van der Waals surface area contributed by atoms with Crippen LogP contribution in [0.5, 0.6) is 0 Å². The van der Waals surface area contributed by atoms with E-state index in [0.29, 0.717) is 30.7 Å². The van der Waals surface area contributed by atoms with E-state index in [1.54, 1.807) is 7.05 Å². The largest absolute Gasteiger partial charge is 0.355 e. The molecule has 3 N–H and O–H groups in total. The van der Waals surface area contributed by atoms with Crippen LogP contribution in [0, 0.1) is 5.92 Å². The summed E-state index contributed by atoms with van der Waals surface area (Å²) in [5.74, 6) is 1.55. The van der Waals surface area contributed by atoms with Crippen molar-refractivity contribution in [1.29, 1.82) is 0 Å². The standard InChI is InChI=1S/C20H32N4OS.HI/c1-16(26-18-10-4-3-5-11-18)15-24-20(21-2)23-13-12-22-19(25)14-17-8-6-7-9-17;/h3-5,10-11,16-17H,6-9,12-15H2,1-2H3,(H,22,25)(H2,21,23,24);1H. The Hall–Kier alpha value is -0.960. The lowest BCUT2D eigenvalue weighted by atomic mass is 10.0. The third kappa shape index (κ3) is 10.2. The minimum Gasteiger partial charge on any atom is -0.355 e. The zero-order valence-corrected chi connectivity index (χ0v) is 19.5. The summed E-state index contributed by atoms with van der Waals surface area (Å²) in [5, 5.41) is 10.0. The molecule has 0 heterocycles. The average molecular weight is 504 g/mol. The van der Waals surface area contributed by atoms with Crippen LogP contribution in [0.1, 0.15) is 39.0 Å². The van der Waals surface area contributed by atoms with E-state index in [1.807, 2.05) is 17.8 Å². The van der Waals surface area contributed by atoms with Gasteiger partial charge in [-0.3, -0.25) is 9.79 Å². The molecule has 1 aromatic carbocycles. The fourth-order valence-electron chi connectivity index (χ4n) is 3.17. The first kappa shape index (κ1) is 24.1. The monoisotopic (exact) mass is 504 g/mol. The molecule has 0 bridgehead atoms. The first-order chi connectivity index (χ1) is 12.7. The van der Waals surface area contributed by atoms with Crippen molar-refractivity contribution in [3.63, 3.8) is 0 Å². The molecule has 152 valence electrons. The van der Waals surface area contributed by atoms with Crippen LogP contribution >= 0.6 is 35.7 Å². The van der Waals surface area contributed by atoms with E-state index in [4.69, 9.17) is 0 Å². The lowest BCUT2D eigenvalue weighted by Crippen LogP contribution is -2.43. The Bertz CT molecular complexity index is 564. The zero-order chi connectivity index (χ0) is 18.6. The van der Waals surface area contributed by atoms with Gasteiger partial charge in [0.1, 0.15) is 0 Å². The number of amides is 1. The van der Waals surface area contributed by atoms with Crippen LogP contribution in [0.2, 0.25) is 0 Å². The summed E-state index contributed by atoms with van der Waals surface area (Å²) in [6, 6.07) is 10.4. The van der Waals surface area contributed by atoms with E-state index >= 15 is 0 Å². The molecule has 1 aliphatic carbocycles. The molecule has 1 amide bonds. The number of carbonyl (C=O) groups excluding carboxylic acids is 1. The number of nitrogens with zero attached hydrogens (tertiary/aromatic N) is 1. The second-order valence-electron chi connectivity index (χ2n) is 6.83. The van der Waals surface area contributed by atoms with Crippen LogP contribution in [0.3, 0.4) is 0 Å². The first-order valence-electron chi connectivity index (χ1n) is 9.60. The predicted molar refractivity (Wildman–Crippen MR) is 126 cm³/mol. The number of nitrogens with one attached hydrogen (secondary N) is 3. The van der Waals surface area contributed by atoms with Crippen LogP contribution in [-0.4, -0.2) is 43.8 Å². The van der Waals surface area contributed by atoms with Crippen molar-refractivity contribution in [2.75, 3.05) is 26.7 Å². The van der Waals surface area contributed by atoms with Crippen molar-refractivity contribution in [3.8, 4) is 0 Å². The SMILES string of the molecule is CN=C(NCCNC(=O)CC1CCCC1)NCC(C)Sc1ccccc1.I. The molecule has 1 aromatic rings. The highest BCUT2D eigenvalue weighted by molar-refractivity contribution is 14.0. The molecule has 0 spiro atoms. The fraction of sp³-hybridized carbons (Fsp3) is 0.600. The highest BCUT2D eigenvalue weighted by Gasteiger charge is 2.17. The summed E-state index contributed by atoms with van der Waals surface area (Å²) >= 11 is 1.84. The van der Waals surface area contributed by atoms with Crippen LogP contribution in [0.4, 0.5) is 0 Å². The van der Waals surface area contributed by atoms with Gasteiger partial charge in [-0.15, -0.1) is 35.7 Å². The zero-order valence-electron chi connectivity index (χ0n) is 16.4. The van der Waals surface area contributed by atoms with Gasteiger partial charge in [0, 0.05) is 43.2 Å². The van der Waals surface area contributed by atoms with Crippen molar-refractivity contribution in [1.82, 2.24) is 16.0 Å². The number of guanidine groups is 1. The number of rotatable bonds is 9. The maximum Gasteiger partial charge on any atom is 0.220 e. The average Bonchev–Trinajstić information content (AvgIpc) is 3.15. The topological polar surface area (TPSA) is 65.5 Å². The van der Waals surface area contributed by atoms with Gasteiger partial charge in [0.2, 0.25) is 5.91 Å². The fourth-order valence-corrected chi connectivity index (χ4v) is 4.11. The summed E-state index contributed by atoms with van der Waals surface area (Å²) in [4.78, 5) is 17.4. The Kier molecular flexibility index (Phi) is 12.6. The third-order valence-electron chi connectivity index (χ3n) is 4.55. The van der Waals surface area contributed by atoms with Gasteiger partial charge in [0.05, 0.1) is 0 Å². The van der Waals surface area contributed by atoms with Gasteiger partial charge in [-0.05, 0) is 30.9 Å². The summed E-state index contributed by atoms with van der Waals surface area (Å²) in [5.41, 5.74) is 0. The molecule has 1 fully saturated rings. The highest BCUT2D eigenvalue weighted by atomic mass is 127. The predicted octanol–water partition coefficient (Wildman–Crippen LogP) is 3.65. The Labute approximate surface area is 185 Å². The quantitative estimate of drug-likeness (QED) is 0.158. The minimum absolute atomic E-state index is 0. The van der Waals surface area contributed by atoms with Crippen molar-refractivity contribution in [2.24, 2.45) is 10.9 Å². The van der Waals surface area contributed by atoms with E-state index in [9.17, 15) is 4.79 Å². The number of hydrogen-bond acceptors (Lipinski definition) is 3. The Balaban J connectivity index is 0.00000364. The molecule has 0 aliphatic heterocycles. The van der Waals surface area contributed by atoms with Crippen LogP contribution in [-0.2, 0) is 4.79 Å². The second kappa shape index (κ2) is 14.1. The normalized spacial score (nSPS) is 15.7. The van der Waals surface area contributed by atoms with Crippen molar-refractivity contribution in [2.45, 2.75) is 49.2 Å². The van der Waals surface area contributed by atoms with E-state index in [2.05, 4.69) is 52.1 Å². The molecule has 1 aliphatic rings. The van der Waals surface area contributed by atoms with Gasteiger partial charge in [-0.2, -0.15) is 0 Å². The highest BCUT2D eigenvalue weighted by Crippen LogP contribution is 2.27. The second-order valence-corrected chi connectivity index (χ2v) is 8.34. The van der Waals surface area contributed by atoms with Gasteiger partial charge in [-0.25, -0.2) is 0 Å². The molecular weight excluding hydrogens is 471 g/mol. The smallest absolute Gasteiger partial charge is 0.220 e. The summed E-state index contributed by atoms with van der Waals surface area (Å²) in [6.45, 7) is 4.32. The van der Waals surface area contributed by atoms with E-state index < -0.39 is 0 Å². The van der Waals surface area contributed by atoms with E-state index in [0.717, 1.165) is 12.5 Å². The number of benzene rings is 1. The molecule has 1 atom stereocenters. The van der Waals surface area contributed by atoms with E-state index in [-0.39, 0.29) is 29.9 Å². The molecule has 0 radical (unpaired) electrons. The van der Waals surface area contributed by atoms with Gasteiger partial charge >= 0.3 is 0 Å². The number of carbonyl (C=O) groups is 1. The number of thioether (sulfide) groups is 1. The molecule has 0 saturated heterocycles. The molecule has 2 rings (SSSR count). The number of aliphatic imine (C=N–C) groups is 1. The minimum atomic E-state index is 0. The molecule has 0 aromatic heterocycles. The third-order valence-corrected chi connectivity index (χ3v) is 5.66. The van der Waals surface area contributed by atoms with Crippen LogP contribution < -0.4 is 16.0 Å². The Morgan fingerprint density at radius 2 is 1.81 bits per heavy atom. The Morgan fingerprint density at radius 1 is 1.15 bits per heavy atom. The summed E-state index contributed by atoms with van der Waals surface area (Å²) in [7, 11) is 1.77. The summed E-state index contributed by atoms with van der Waals surface area (Å²) in [6.07, 6.45) is 5.66. The van der Waals surface area contributed by atoms with Crippen molar-refractivity contribution >= 4 is 47.6 Å². The molecule has 7 heteroatoms. The Morgan fingerprint density at radius 3 is 2.48 bits per heavy atom. The van der Waals surface area contributed by atoms with Crippen LogP contribution in [0.25, 0.3) is 0 Å². The van der Waals surface area contributed by atoms with Gasteiger partial charge in [-0.1, -0.05) is 38.0 Å². The first-order valence-corrected chi connectivity index (χ1v) is 10.5. The molecular formula is C20H33IN4OS. The summed E-state index contributed by atoms with van der Waals surface area (Å²) < 4.78 is 0. The molecule has 1 saturated carbocycles. The van der Waals surface area contributed by atoms with E-state index in [1.165, 1.54) is 30.6 Å². The maximum atomic E-state index is 11.9. The molecule has 27 heavy (non-hydrogen) atoms. The van der Waals surface area contributed by atoms with Crippen molar-refractivity contribution in [3.05, 3.63) is 30.3 Å². The maximum absolute atomic E-state index is 11.9. The van der Waals surface area contributed by atoms with Gasteiger partial charge < -0.3 is 16.0 Å².